The lowest BCUT2D eigenvalue weighted by atomic mass is 9.78. The zero-order valence-electron chi connectivity index (χ0n) is 18.5. The van der Waals surface area contributed by atoms with Crippen molar-refractivity contribution in [3.63, 3.8) is 0 Å². The van der Waals surface area contributed by atoms with Crippen LogP contribution in [-0.2, 0) is 4.79 Å². The van der Waals surface area contributed by atoms with Crippen molar-refractivity contribution in [2.45, 2.75) is 24.8 Å². The minimum absolute atomic E-state index is 0.0372. The summed E-state index contributed by atoms with van der Waals surface area (Å²) in [5, 5.41) is 7.20. The van der Waals surface area contributed by atoms with E-state index in [1.165, 1.54) is 0 Å². The largest absolute Gasteiger partial charge is 0.496 e. The molecule has 0 spiro atoms. The Morgan fingerprint density at radius 3 is 2.33 bits per heavy atom. The number of methoxy groups -OCH3 is 2. The summed E-state index contributed by atoms with van der Waals surface area (Å²) >= 11 is 3.59. The number of rotatable bonds is 4. The van der Waals surface area contributed by atoms with E-state index in [-0.39, 0.29) is 17.7 Å². The summed E-state index contributed by atoms with van der Waals surface area (Å²) in [7, 11) is 3.33. The smallest absolute Gasteiger partial charge is 0.163 e. The molecule has 1 aliphatic carbocycles. The van der Waals surface area contributed by atoms with Crippen LogP contribution in [0.4, 0.5) is 11.4 Å². The first-order valence-electron chi connectivity index (χ1n) is 10.9. The fraction of sp³-hybridized carbons (Fsp3) is 0.222. The molecular formula is C27H25BrN2O3. The molecule has 0 saturated heterocycles. The number of benzene rings is 3. The third kappa shape index (κ3) is 4.00. The lowest BCUT2D eigenvalue weighted by Crippen LogP contribution is -2.27. The molecule has 5 rings (SSSR count). The lowest BCUT2D eigenvalue weighted by Gasteiger charge is -2.31. The predicted molar refractivity (Wildman–Crippen MR) is 134 cm³/mol. The van der Waals surface area contributed by atoms with Gasteiger partial charge in [-0.25, -0.2) is 0 Å². The Morgan fingerprint density at radius 2 is 1.55 bits per heavy atom. The monoisotopic (exact) mass is 504 g/mol. The number of fused-ring (bicyclic) bond motifs is 1. The summed E-state index contributed by atoms with van der Waals surface area (Å²) in [4.78, 5) is 13.8. The van der Waals surface area contributed by atoms with E-state index in [1.54, 1.807) is 14.2 Å². The first-order chi connectivity index (χ1) is 16.1. The quantitative estimate of drug-likeness (QED) is 0.427. The lowest BCUT2D eigenvalue weighted by molar-refractivity contribution is -0.116. The van der Waals surface area contributed by atoms with E-state index in [1.807, 2.05) is 60.7 Å². The molecule has 33 heavy (non-hydrogen) atoms. The zero-order chi connectivity index (χ0) is 22.9. The first-order valence-corrected chi connectivity index (χ1v) is 11.7. The van der Waals surface area contributed by atoms with Crippen LogP contribution in [0, 0.1) is 0 Å². The van der Waals surface area contributed by atoms with Crippen LogP contribution in [0.5, 0.6) is 11.5 Å². The van der Waals surface area contributed by atoms with Gasteiger partial charge in [0.25, 0.3) is 0 Å². The summed E-state index contributed by atoms with van der Waals surface area (Å²) in [6.07, 6.45) is 1.13. The fourth-order valence-electron chi connectivity index (χ4n) is 4.88. The van der Waals surface area contributed by atoms with Crippen molar-refractivity contribution in [1.29, 1.82) is 0 Å². The third-order valence-corrected chi connectivity index (χ3v) is 6.88. The van der Waals surface area contributed by atoms with Gasteiger partial charge in [0.1, 0.15) is 11.5 Å². The number of nitrogens with one attached hydrogen (secondary N) is 2. The van der Waals surface area contributed by atoms with Crippen molar-refractivity contribution in [3.05, 3.63) is 93.6 Å². The Morgan fingerprint density at radius 1 is 0.848 bits per heavy atom. The molecule has 168 valence electrons. The average molecular weight is 505 g/mol. The van der Waals surface area contributed by atoms with Crippen LogP contribution < -0.4 is 20.1 Å². The molecule has 0 saturated carbocycles. The van der Waals surface area contributed by atoms with Gasteiger partial charge in [0.2, 0.25) is 0 Å². The molecule has 0 radical (unpaired) electrons. The van der Waals surface area contributed by atoms with Gasteiger partial charge in [0.05, 0.1) is 31.6 Å². The van der Waals surface area contributed by atoms with E-state index >= 15 is 0 Å². The summed E-state index contributed by atoms with van der Waals surface area (Å²) in [5.74, 6) is 1.71. The molecule has 0 fully saturated rings. The van der Waals surface area contributed by atoms with Crippen LogP contribution in [0.3, 0.4) is 0 Å². The van der Waals surface area contributed by atoms with Gasteiger partial charge in [0.15, 0.2) is 5.78 Å². The van der Waals surface area contributed by atoms with Crippen LogP contribution in [-0.4, -0.2) is 20.0 Å². The van der Waals surface area contributed by atoms with E-state index in [4.69, 9.17) is 9.47 Å². The third-order valence-electron chi connectivity index (χ3n) is 6.39. The number of halogens is 1. The summed E-state index contributed by atoms with van der Waals surface area (Å²) in [5.41, 5.74) is 5.57. The molecule has 1 heterocycles. The molecule has 2 N–H and O–H groups in total. The van der Waals surface area contributed by atoms with E-state index in [2.05, 4.69) is 32.6 Å². The van der Waals surface area contributed by atoms with Gasteiger partial charge in [0, 0.05) is 33.6 Å². The van der Waals surface area contributed by atoms with Crippen LogP contribution in [0.1, 0.15) is 35.9 Å². The van der Waals surface area contributed by atoms with Gasteiger partial charge in [-0.05, 0) is 48.4 Å². The molecule has 3 aromatic carbocycles. The molecule has 3 aromatic rings. The van der Waals surface area contributed by atoms with Crippen LogP contribution in [0.2, 0.25) is 0 Å². The second kappa shape index (κ2) is 8.94. The number of carbonyl (C=O) groups excluding carboxylic acids is 1. The molecule has 1 aliphatic heterocycles. The second-order valence-corrected chi connectivity index (χ2v) is 9.21. The Kier molecular flexibility index (Phi) is 5.85. The topological polar surface area (TPSA) is 59.6 Å². The number of anilines is 2. The highest BCUT2D eigenvalue weighted by molar-refractivity contribution is 9.10. The predicted octanol–water partition coefficient (Wildman–Crippen LogP) is 6.45. The minimum Gasteiger partial charge on any atom is -0.496 e. The molecule has 0 bridgehead atoms. The molecule has 0 aromatic heterocycles. The standard InChI is InChI=1S/C27H25BrN2O3/c1-32-24-10-6-3-7-18(24)16-13-22-26(23(31)14-16)27(19-15-17(28)11-12-25(19)33-2)30-21-9-5-4-8-20(21)29-22/h3-12,15-16,27,29-30H,13-14H2,1-2H3. The number of para-hydroxylation sites is 3. The highest BCUT2D eigenvalue weighted by Gasteiger charge is 2.37. The Hall–Kier alpha value is -3.25. The molecule has 2 aliphatic rings. The normalized spacial score (nSPS) is 19.5. The fourth-order valence-corrected chi connectivity index (χ4v) is 5.26. The molecular weight excluding hydrogens is 480 g/mol. The van der Waals surface area contributed by atoms with Crippen molar-refractivity contribution in [2.24, 2.45) is 0 Å². The highest BCUT2D eigenvalue weighted by Crippen LogP contribution is 2.47. The van der Waals surface area contributed by atoms with E-state index < -0.39 is 0 Å². The second-order valence-electron chi connectivity index (χ2n) is 8.30. The van der Waals surface area contributed by atoms with Crippen molar-refractivity contribution in [2.75, 3.05) is 24.9 Å². The van der Waals surface area contributed by atoms with Crippen LogP contribution in [0.15, 0.2) is 82.5 Å². The molecule has 0 amide bonds. The zero-order valence-corrected chi connectivity index (χ0v) is 20.1. The van der Waals surface area contributed by atoms with Gasteiger partial charge in [-0.3, -0.25) is 4.79 Å². The van der Waals surface area contributed by atoms with Crippen molar-refractivity contribution in [1.82, 2.24) is 0 Å². The summed E-state index contributed by atoms with van der Waals surface area (Å²) in [6, 6.07) is 21.6. The Labute approximate surface area is 201 Å². The van der Waals surface area contributed by atoms with Gasteiger partial charge in [-0.15, -0.1) is 0 Å². The number of ether oxygens (including phenoxy) is 2. The van der Waals surface area contributed by atoms with Gasteiger partial charge in [-0.2, -0.15) is 0 Å². The number of allylic oxidation sites excluding steroid dienone is 1. The Bertz CT molecular complexity index is 1250. The van der Waals surface area contributed by atoms with Crippen molar-refractivity contribution < 1.29 is 14.3 Å². The number of Topliss-reactive ketones (excluding diaryl/α,β-unsaturated/α-hetero) is 1. The van der Waals surface area contributed by atoms with Gasteiger partial charge in [-0.1, -0.05) is 46.3 Å². The molecule has 2 unspecified atom stereocenters. The van der Waals surface area contributed by atoms with Gasteiger partial charge < -0.3 is 20.1 Å². The Balaban J connectivity index is 1.65. The molecule has 2 atom stereocenters. The molecule has 6 heteroatoms. The maximum absolute atomic E-state index is 13.8. The van der Waals surface area contributed by atoms with Crippen LogP contribution >= 0.6 is 15.9 Å². The maximum Gasteiger partial charge on any atom is 0.163 e. The SMILES string of the molecule is COc1ccccc1C1CC(=O)C2=C(C1)Nc1ccccc1NC2c1cc(Br)ccc1OC. The van der Waals surface area contributed by atoms with E-state index in [0.29, 0.717) is 12.8 Å². The maximum atomic E-state index is 13.8. The number of hydrogen-bond donors (Lipinski definition) is 2. The summed E-state index contributed by atoms with van der Waals surface area (Å²) in [6.45, 7) is 0. The first kappa shape index (κ1) is 21.6. The number of carbonyl (C=O) groups is 1. The van der Waals surface area contributed by atoms with Crippen molar-refractivity contribution in [3.8, 4) is 11.5 Å². The van der Waals surface area contributed by atoms with E-state index in [9.17, 15) is 4.79 Å². The highest BCUT2D eigenvalue weighted by atomic mass is 79.9. The number of hydrogen-bond acceptors (Lipinski definition) is 5. The van der Waals surface area contributed by atoms with E-state index in [0.717, 1.165) is 49.7 Å². The molecule has 5 nitrogen and oxygen atoms in total. The van der Waals surface area contributed by atoms with Crippen LogP contribution in [0.25, 0.3) is 0 Å². The minimum atomic E-state index is -0.338. The number of ketones is 1. The summed E-state index contributed by atoms with van der Waals surface area (Å²) < 4.78 is 12.2. The van der Waals surface area contributed by atoms with Crippen molar-refractivity contribution >= 4 is 33.1 Å². The van der Waals surface area contributed by atoms with Gasteiger partial charge >= 0.3 is 0 Å². The average Bonchev–Trinajstić information content (AvgIpc) is 3.00.